The highest BCUT2D eigenvalue weighted by molar-refractivity contribution is 5.90. The molecule has 1 heterocycles. The Kier molecular flexibility index (Phi) is 3.77. The molecule has 0 saturated heterocycles. The second kappa shape index (κ2) is 5.49. The van der Waals surface area contributed by atoms with Crippen molar-refractivity contribution >= 4 is 16.7 Å². The predicted octanol–water partition coefficient (Wildman–Crippen LogP) is 1.61. The Morgan fingerprint density at radius 1 is 1.18 bits per heavy atom. The van der Waals surface area contributed by atoms with Crippen molar-refractivity contribution in [3.63, 3.8) is 0 Å². The van der Waals surface area contributed by atoms with E-state index in [4.69, 9.17) is 15.2 Å². The van der Waals surface area contributed by atoms with Crippen LogP contribution < -0.4 is 10.5 Å². The van der Waals surface area contributed by atoms with Gasteiger partial charge in [0.2, 0.25) is 0 Å². The highest BCUT2D eigenvalue weighted by Crippen LogP contribution is 2.26. The summed E-state index contributed by atoms with van der Waals surface area (Å²) < 4.78 is 15.5. The lowest BCUT2D eigenvalue weighted by Crippen LogP contribution is -2.07. The minimum absolute atomic E-state index is 0.464. The molecular formula is C11H15N3O3. The summed E-state index contributed by atoms with van der Waals surface area (Å²) in [6.45, 7) is 3.81. The van der Waals surface area contributed by atoms with Crippen molar-refractivity contribution < 1.29 is 14.1 Å². The monoisotopic (exact) mass is 237 g/mol. The van der Waals surface area contributed by atoms with E-state index < -0.39 is 0 Å². The lowest BCUT2D eigenvalue weighted by molar-refractivity contribution is 0.101. The Bertz CT molecular complexity index is 484. The molecule has 92 valence electrons. The van der Waals surface area contributed by atoms with E-state index in [1.165, 1.54) is 0 Å². The maximum Gasteiger partial charge on any atom is 0.179 e. The standard InChI is InChI=1S/C11H15N3O3/c1-2-5-15-6-7-16-9-4-3-8(12)10-11(9)14-17-13-10/h3-4H,2,5-7,12H2,1H3. The lowest BCUT2D eigenvalue weighted by atomic mass is 10.2. The molecule has 0 saturated carbocycles. The van der Waals surface area contributed by atoms with Crippen LogP contribution in [-0.2, 0) is 4.74 Å². The van der Waals surface area contributed by atoms with Gasteiger partial charge in [-0.15, -0.1) is 0 Å². The van der Waals surface area contributed by atoms with Gasteiger partial charge in [-0.3, -0.25) is 0 Å². The Balaban J connectivity index is 1.99. The van der Waals surface area contributed by atoms with Crippen LogP contribution in [0.5, 0.6) is 5.75 Å². The molecule has 17 heavy (non-hydrogen) atoms. The number of rotatable bonds is 6. The van der Waals surface area contributed by atoms with Gasteiger partial charge in [-0.1, -0.05) is 6.92 Å². The van der Waals surface area contributed by atoms with Crippen molar-refractivity contribution in [2.75, 3.05) is 25.6 Å². The van der Waals surface area contributed by atoms with Gasteiger partial charge < -0.3 is 15.2 Å². The van der Waals surface area contributed by atoms with Gasteiger partial charge in [0, 0.05) is 6.61 Å². The fraction of sp³-hybridized carbons (Fsp3) is 0.455. The number of nitrogens with two attached hydrogens (primary N) is 1. The predicted molar refractivity (Wildman–Crippen MR) is 62.8 cm³/mol. The van der Waals surface area contributed by atoms with E-state index in [2.05, 4.69) is 21.9 Å². The summed E-state index contributed by atoms with van der Waals surface area (Å²) in [6, 6.07) is 3.47. The van der Waals surface area contributed by atoms with Crippen LogP contribution in [0.1, 0.15) is 13.3 Å². The van der Waals surface area contributed by atoms with Gasteiger partial charge >= 0.3 is 0 Å². The summed E-state index contributed by atoms with van der Waals surface area (Å²) in [5, 5.41) is 7.48. The molecule has 2 N–H and O–H groups in total. The van der Waals surface area contributed by atoms with Gasteiger partial charge in [-0.05, 0) is 28.9 Å². The second-order valence-electron chi connectivity index (χ2n) is 3.58. The molecule has 6 heteroatoms. The molecule has 0 fully saturated rings. The SMILES string of the molecule is CCCOCCOc1ccc(N)c2nonc12. The zero-order chi connectivity index (χ0) is 12.1. The van der Waals surface area contributed by atoms with Crippen LogP contribution >= 0.6 is 0 Å². The fourth-order valence-electron chi connectivity index (χ4n) is 1.44. The maximum atomic E-state index is 5.72. The van der Waals surface area contributed by atoms with Crippen LogP contribution in [0.4, 0.5) is 5.69 Å². The highest BCUT2D eigenvalue weighted by Gasteiger charge is 2.10. The van der Waals surface area contributed by atoms with Gasteiger partial charge in [0.1, 0.15) is 6.61 Å². The van der Waals surface area contributed by atoms with Crippen molar-refractivity contribution in [1.29, 1.82) is 0 Å². The molecule has 0 radical (unpaired) electrons. The van der Waals surface area contributed by atoms with Gasteiger partial charge in [0.15, 0.2) is 16.8 Å². The quantitative estimate of drug-likeness (QED) is 0.607. The van der Waals surface area contributed by atoms with Crippen LogP contribution in [-0.4, -0.2) is 30.1 Å². The molecule has 1 aromatic carbocycles. The zero-order valence-electron chi connectivity index (χ0n) is 9.68. The normalized spacial score (nSPS) is 10.9. The molecule has 0 amide bonds. The average molecular weight is 237 g/mol. The third-order valence-electron chi connectivity index (χ3n) is 2.24. The third kappa shape index (κ3) is 2.65. The molecule has 1 aromatic heterocycles. The minimum Gasteiger partial charge on any atom is -0.489 e. The van der Waals surface area contributed by atoms with Gasteiger partial charge in [-0.25, -0.2) is 4.63 Å². The molecule has 0 atom stereocenters. The first-order chi connectivity index (χ1) is 8.33. The summed E-state index contributed by atoms with van der Waals surface area (Å²) in [5.74, 6) is 0.607. The number of nitrogen functional groups attached to an aromatic ring is 1. The fourth-order valence-corrected chi connectivity index (χ4v) is 1.44. The summed E-state index contributed by atoms with van der Waals surface area (Å²) in [6.07, 6.45) is 0.999. The van der Waals surface area contributed by atoms with Crippen molar-refractivity contribution in [1.82, 2.24) is 10.3 Å². The largest absolute Gasteiger partial charge is 0.489 e. The lowest BCUT2D eigenvalue weighted by Gasteiger charge is -2.06. The maximum absolute atomic E-state index is 5.72. The molecule has 0 bridgehead atoms. The van der Waals surface area contributed by atoms with E-state index in [1.807, 2.05) is 0 Å². The zero-order valence-corrected chi connectivity index (χ0v) is 9.68. The molecule has 0 aliphatic carbocycles. The number of benzene rings is 1. The van der Waals surface area contributed by atoms with E-state index in [1.54, 1.807) is 12.1 Å². The first kappa shape index (κ1) is 11.7. The van der Waals surface area contributed by atoms with Crippen molar-refractivity contribution in [2.24, 2.45) is 0 Å². The topological polar surface area (TPSA) is 83.4 Å². The molecule has 0 aliphatic rings. The molecule has 2 rings (SSSR count). The number of nitrogens with zero attached hydrogens (tertiary/aromatic N) is 2. The van der Waals surface area contributed by atoms with Crippen LogP contribution in [0.2, 0.25) is 0 Å². The van der Waals surface area contributed by atoms with E-state index >= 15 is 0 Å². The number of hydrogen-bond acceptors (Lipinski definition) is 6. The van der Waals surface area contributed by atoms with Crippen LogP contribution in [0, 0.1) is 0 Å². The molecule has 0 spiro atoms. The summed E-state index contributed by atoms with van der Waals surface area (Å²) in [7, 11) is 0. The molecule has 0 unspecified atom stereocenters. The summed E-state index contributed by atoms with van der Waals surface area (Å²) >= 11 is 0. The summed E-state index contributed by atoms with van der Waals surface area (Å²) in [5.41, 5.74) is 7.31. The van der Waals surface area contributed by atoms with E-state index in [0.717, 1.165) is 13.0 Å². The second-order valence-corrected chi connectivity index (χ2v) is 3.58. The van der Waals surface area contributed by atoms with Gasteiger partial charge in [-0.2, -0.15) is 0 Å². The average Bonchev–Trinajstić information content (AvgIpc) is 2.81. The number of hydrogen-bond donors (Lipinski definition) is 1. The van der Waals surface area contributed by atoms with Gasteiger partial charge in [0.25, 0.3) is 0 Å². The number of fused-ring (bicyclic) bond motifs is 1. The molecular weight excluding hydrogens is 222 g/mol. The smallest absolute Gasteiger partial charge is 0.179 e. The Morgan fingerprint density at radius 3 is 2.82 bits per heavy atom. The van der Waals surface area contributed by atoms with Crippen LogP contribution in [0.15, 0.2) is 16.8 Å². The first-order valence-corrected chi connectivity index (χ1v) is 5.54. The van der Waals surface area contributed by atoms with Crippen molar-refractivity contribution in [3.05, 3.63) is 12.1 Å². The number of ether oxygens (including phenoxy) is 2. The molecule has 0 aliphatic heterocycles. The summed E-state index contributed by atoms with van der Waals surface area (Å²) in [4.78, 5) is 0. The minimum atomic E-state index is 0.464. The van der Waals surface area contributed by atoms with Crippen molar-refractivity contribution in [3.8, 4) is 5.75 Å². The molecule has 6 nitrogen and oxygen atoms in total. The van der Waals surface area contributed by atoms with Crippen LogP contribution in [0.3, 0.4) is 0 Å². The van der Waals surface area contributed by atoms with Crippen molar-refractivity contribution in [2.45, 2.75) is 13.3 Å². The first-order valence-electron chi connectivity index (χ1n) is 5.54. The number of aromatic nitrogens is 2. The van der Waals surface area contributed by atoms with E-state index in [0.29, 0.717) is 35.7 Å². The Hall–Kier alpha value is -1.82. The van der Waals surface area contributed by atoms with E-state index in [9.17, 15) is 0 Å². The van der Waals surface area contributed by atoms with Gasteiger partial charge in [0.05, 0.1) is 12.3 Å². The Morgan fingerprint density at radius 2 is 2.00 bits per heavy atom. The highest BCUT2D eigenvalue weighted by atomic mass is 16.6. The van der Waals surface area contributed by atoms with E-state index in [-0.39, 0.29) is 0 Å². The third-order valence-corrected chi connectivity index (χ3v) is 2.24. The number of anilines is 1. The van der Waals surface area contributed by atoms with Crippen LogP contribution in [0.25, 0.3) is 11.0 Å². The Labute approximate surface area is 98.6 Å². The molecule has 2 aromatic rings.